The molecule has 1 aromatic carbocycles. The number of nitrogens with one attached hydrogen (secondary N) is 2. The van der Waals surface area contributed by atoms with Gasteiger partial charge in [0.2, 0.25) is 0 Å². The average molecular weight is 400 g/mol. The van der Waals surface area contributed by atoms with Gasteiger partial charge in [0.15, 0.2) is 11.1 Å². The number of aliphatic imine (C=N–C) groups is 1. The van der Waals surface area contributed by atoms with Gasteiger partial charge >= 0.3 is 0 Å². The number of ether oxygens (including phenoxy) is 1. The lowest BCUT2D eigenvalue weighted by molar-refractivity contribution is 0.358. The Morgan fingerprint density at radius 3 is 2.93 bits per heavy atom. The van der Waals surface area contributed by atoms with Crippen molar-refractivity contribution in [2.45, 2.75) is 25.8 Å². The number of hydrogen-bond donors (Lipinski definition) is 2. The van der Waals surface area contributed by atoms with Gasteiger partial charge in [0, 0.05) is 50.6 Å². The summed E-state index contributed by atoms with van der Waals surface area (Å²) in [5.41, 5.74) is 2.22. The molecule has 1 saturated heterocycles. The fourth-order valence-electron chi connectivity index (χ4n) is 3.11. The van der Waals surface area contributed by atoms with E-state index in [0.717, 1.165) is 54.2 Å². The van der Waals surface area contributed by atoms with E-state index in [0.29, 0.717) is 13.2 Å². The van der Waals surface area contributed by atoms with E-state index in [-0.39, 0.29) is 0 Å². The van der Waals surface area contributed by atoms with Crippen LogP contribution in [0.25, 0.3) is 0 Å². The predicted octanol–water partition coefficient (Wildman–Crippen LogP) is 3.22. The monoisotopic (exact) mass is 399 g/mol. The molecule has 3 rings (SSSR count). The topological polar surface area (TPSA) is 61.8 Å². The third kappa shape index (κ3) is 5.73. The van der Waals surface area contributed by atoms with Gasteiger partial charge in [-0.25, -0.2) is 4.98 Å². The zero-order valence-electron chi connectivity index (χ0n) is 16.5. The van der Waals surface area contributed by atoms with Crippen LogP contribution < -0.4 is 20.3 Å². The molecule has 0 amide bonds. The second-order valence-electron chi connectivity index (χ2n) is 6.63. The lowest BCUT2D eigenvalue weighted by Gasteiger charge is -2.14. The molecule has 0 spiro atoms. The van der Waals surface area contributed by atoms with Crippen molar-refractivity contribution in [3.8, 4) is 5.75 Å². The fraction of sp³-hybridized carbons (Fsp3) is 0.429. The highest BCUT2D eigenvalue weighted by atomic mass is 32.1. The van der Waals surface area contributed by atoms with Gasteiger partial charge in [-0.1, -0.05) is 30.9 Å². The van der Waals surface area contributed by atoms with Gasteiger partial charge in [0.05, 0.1) is 5.69 Å². The summed E-state index contributed by atoms with van der Waals surface area (Å²) in [6.07, 6.45) is 5.18. The summed E-state index contributed by atoms with van der Waals surface area (Å²) in [6.45, 7) is 7.90. The Balaban J connectivity index is 1.44. The van der Waals surface area contributed by atoms with Gasteiger partial charge < -0.3 is 20.3 Å². The Bertz CT molecular complexity index is 783. The molecule has 6 nitrogen and oxygen atoms in total. The van der Waals surface area contributed by atoms with Crippen LogP contribution in [0.2, 0.25) is 0 Å². The summed E-state index contributed by atoms with van der Waals surface area (Å²) in [7, 11) is 1.78. The molecule has 1 aliphatic heterocycles. The molecule has 0 atom stereocenters. The third-order valence-electron chi connectivity index (χ3n) is 4.59. The standard InChI is InChI=1S/C21H29N5OS/c1-3-14-27-19-9-5-4-8-17(19)15-24-20(22-2)23-11-10-18-16-28-21(25-18)26-12-6-7-13-26/h3-5,8-9,16H,1,6-7,10-15H2,2H3,(H2,22,23,24). The van der Waals surface area contributed by atoms with Crippen molar-refractivity contribution >= 4 is 22.4 Å². The van der Waals surface area contributed by atoms with Gasteiger partial charge in [-0.3, -0.25) is 4.99 Å². The first kappa shape index (κ1) is 20.2. The van der Waals surface area contributed by atoms with Crippen LogP contribution in [0.1, 0.15) is 24.1 Å². The summed E-state index contributed by atoms with van der Waals surface area (Å²) in [6, 6.07) is 8.00. The number of benzene rings is 1. The second kappa shape index (κ2) is 10.7. The molecule has 1 fully saturated rings. The number of nitrogens with zero attached hydrogens (tertiary/aromatic N) is 3. The molecule has 28 heavy (non-hydrogen) atoms. The van der Waals surface area contributed by atoms with E-state index in [1.165, 1.54) is 12.8 Å². The zero-order chi connectivity index (χ0) is 19.6. The number of aromatic nitrogens is 1. The maximum atomic E-state index is 5.71. The van der Waals surface area contributed by atoms with Crippen molar-refractivity contribution in [3.63, 3.8) is 0 Å². The van der Waals surface area contributed by atoms with Gasteiger partial charge in [0.25, 0.3) is 0 Å². The predicted molar refractivity (Wildman–Crippen MR) is 118 cm³/mol. The van der Waals surface area contributed by atoms with E-state index in [1.807, 2.05) is 24.3 Å². The number of thiazole rings is 1. The second-order valence-corrected chi connectivity index (χ2v) is 7.46. The van der Waals surface area contributed by atoms with Gasteiger partial charge in [-0.2, -0.15) is 0 Å². The molecule has 0 bridgehead atoms. The summed E-state index contributed by atoms with van der Waals surface area (Å²) in [4.78, 5) is 11.5. The number of hydrogen-bond acceptors (Lipinski definition) is 5. The minimum Gasteiger partial charge on any atom is -0.489 e. The van der Waals surface area contributed by atoms with Crippen LogP contribution in [0.4, 0.5) is 5.13 Å². The normalized spacial score (nSPS) is 14.2. The van der Waals surface area contributed by atoms with Crippen LogP contribution in [0.5, 0.6) is 5.75 Å². The maximum Gasteiger partial charge on any atom is 0.191 e. The Morgan fingerprint density at radius 2 is 2.14 bits per heavy atom. The first-order chi connectivity index (χ1) is 13.8. The summed E-state index contributed by atoms with van der Waals surface area (Å²) < 4.78 is 5.71. The molecule has 0 saturated carbocycles. The van der Waals surface area contributed by atoms with E-state index in [4.69, 9.17) is 9.72 Å². The number of anilines is 1. The van der Waals surface area contributed by atoms with Crippen LogP contribution in [0.15, 0.2) is 47.3 Å². The Labute approximate surface area is 171 Å². The molecule has 150 valence electrons. The van der Waals surface area contributed by atoms with Crippen LogP contribution in [-0.4, -0.2) is 44.2 Å². The molecule has 1 aromatic heterocycles. The molecule has 0 aliphatic carbocycles. The Hall–Kier alpha value is -2.54. The van der Waals surface area contributed by atoms with E-state index < -0.39 is 0 Å². The fourth-order valence-corrected chi connectivity index (χ4v) is 4.03. The Morgan fingerprint density at radius 1 is 1.32 bits per heavy atom. The van der Waals surface area contributed by atoms with Gasteiger partial charge in [0.1, 0.15) is 12.4 Å². The van der Waals surface area contributed by atoms with E-state index in [9.17, 15) is 0 Å². The van der Waals surface area contributed by atoms with Crippen molar-refractivity contribution in [2.24, 2.45) is 4.99 Å². The SMILES string of the molecule is C=CCOc1ccccc1CNC(=NC)NCCc1csc(N2CCCC2)n1. The van der Waals surface area contributed by atoms with Gasteiger partial charge in [-0.15, -0.1) is 11.3 Å². The average Bonchev–Trinajstić information content (AvgIpc) is 3.41. The number of guanidine groups is 1. The number of para-hydroxylation sites is 1. The van der Waals surface area contributed by atoms with E-state index in [2.05, 4.69) is 32.5 Å². The molecular weight excluding hydrogens is 370 g/mol. The van der Waals surface area contributed by atoms with Gasteiger partial charge in [-0.05, 0) is 18.9 Å². The van der Waals surface area contributed by atoms with Crippen molar-refractivity contribution in [3.05, 3.63) is 53.6 Å². The molecule has 2 aromatic rings. The first-order valence-electron chi connectivity index (χ1n) is 9.75. The lowest BCUT2D eigenvalue weighted by Crippen LogP contribution is -2.38. The van der Waals surface area contributed by atoms with E-state index in [1.54, 1.807) is 24.5 Å². The largest absolute Gasteiger partial charge is 0.489 e. The van der Waals surface area contributed by atoms with Crippen LogP contribution in [0.3, 0.4) is 0 Å². The molecule has 2 heterocycles. The zero-order valence-corrected chi connectivity index (χ0v) is 17.3. The molecule has 7 heteroatoms. The molecule has 0 radical (unpaired) electrons. The summed E-state index contributed by atoms with van der Waals surface area (Å²) >= 11 is 1.75. The highest BCUT2D eigenvalue weighted by Gasteiger charge is 2.15. The van der Waals surface area contributed by atoms with Crippen molar-refractivity contribution in [2.75, 3.05) is 38.2 Å². The third-order valence-corrected chi connectivity index (χ3v) is 5.54. The lowest BCUT2D eigenvalue weighted by atomic mass is 10.2. The van der Waals surface area contributed by atoms with Crippen LogP contribution in [-0.2, 0) is 13.0 Å². The minimum atomic E-state index is 0.497. The molecule has 1 aliphatic rings. The van der Waals surface area contributed by atoms with Crippen molar-refractivity contribution < 1.29 is 4.74 Å². The quantitative estimate of drug-likeness (QED) is 0.385. The summed E-state index contributed by atoms with van der Waals surface area (Å²) in [5, 5.41) is 10.0. The molecular formula is C21H29N5OS. The van der Waals surface area contributed by atoms with Crippen molar-refractivity contribution in [1.29, 1.82) is 0 Å². The van der Waals surface area contributed by atoms with Crippen molar-refractivity contribution in [1.82, 2.24) is 15.6 Å². The van der Waals surface area contributed by atoms with Crippen LogP contribution in [0, 0.1) is 0 Å². The highest BCUT2D eigenvalue weighted by Crippen LogP contribution is 2.24. The highest BCUT2D eigenvalue weighted by molar-refractivity contribution is 7.13. The smallest absolute Gasteiger partial charge is 0.191 e. The number of rotatable bonds is 9. The Kier molecular flexibility index (Phi) is 7.72. The maximum absolute atomic E-state index is 5.71. The molecule has 2 N–H and O–H groups in total. The molecule has 0 unspecified atom stereocenters. The minimum absolute atomic E-state index is 0.497. The van der Waals surface area contributed by atoms with Crippen LogP contribution >= 0.6 is 11.3 Å². The summed E-state index contributed by atoms with van der Waals surface area (Å²) in [5.74, 6) is 1.63. The first-order valence-corrected chi connectivity index (χ1v) is 10.6. The van der Waals surface area contributed by atoms with E-state index >= 15 is 0 Å².